The van der Waals surface area contributed by atoms with Gasteiger partial charge in [0.05, 0.1) is 0 Å². The first-order valence-corrected chi connectivity index (χ1v) is 38.6. The molecule has 0 saturated carbocycles. The predicted molar refractivity (Wildman–Crippen MR) is 385 cm³/mol. The first kappa shape index (κ1) is 74.8. The molecule has 0 fully saturated rings. The zero-order chi connectivity index (χ0) is 60.3. The molecule has 0 atom stereocenters. The van der Waals surface area contributed by atoms with E-state index in [2.05, 4.69) is 150 Å². The van der Waals surface area contributed by atoms with Crippen LogP contribution in [0.5, 0.6) is 0 Å². The molecule has 6 aromatic carbocycles. The van der Waals surface area contributed by atoms with Crippen molar-refractivity contribution in [1.82, 2.24) is 0 Å². The van der Waals surface area contributed by atoms with Crippen molar-refractivity contribution in [1.29, 1.82) is 0 Å². The number of hydrogen-bond donors (Lipinski definition) is 0. The third-order valence-electron chi connectivity index (χ3n) is 18.2. The second-order valence-corrected chi connectivity index (χ2v) is 29.2. The van der Waals surface area contributed by atoms with E-state index in [1.165, 1.54) is 231 Å². The van der Waals surface area contributed by atoms with Crippen molar-refractivity contribution in [2.75, 3.05) is 0 Å². The standard InChI is InChI=1S/C77H119P2.C5H5.Hf/c1-13-25-38-60-52-56-72(68(46-33-21-9)64(60)42-29-17-5)78(73-57-53-61(39-26-14-2)65(43-30-18-6)69(73)47-34-22-10)76-50-37-51-77(76)79(74-58-54-62(40-27-15-3)66(44-31-19-7)70(74)48-35-23-11)75-59-55-63(41-28-16-4)67(45-32-20-8)71(75)49-36-24-12;1-2-4-5-3-1;/h37,50-59H,13-36,38-49H2,1-12H3;1-5H;/q-1;-5;. The van der Waals surface area contributed by atoms with E-state index in [-0.39, 0.29) is 25.8 Å². The molecule has 472 valence electrons. The van der Waals surface area contributed by atoms with Crippen molar-refractivity contribution < 1.29 is 25.8 Å². The van der Waals surface area contributed by atoms with E-state index in [1.54, 1.807) is 98.6 Å². The minimum atomic E-state index is -0.918. The fourth-order valence-electron chi connectivity index (χ4n) is 13.2. The number of aryl methyl sites for hydroxylation is 4. The van der Waals surface area contributed by atoms with E-state index < -0.39 is 15.8 Å². The molecule has 0 heterocycles. The summed E-state index contributed by atoms with van der Waals surface area (Å²) in [6.45, 7) is 29.0. The summed E-state index contributed by atoms with van der Waals surface area (Å²) in [5.74, 6) is 0. The number of unbranched alkanes of at least 4 members (excludes halogenated alkanes) is 12. The van der Waals surface area contributed by atoms with Crippen LogP contribution in [0.3, 0.4) is 0 Å². The molecule has 0 aliphatic carbocycles. The number of hydrogen-bond acceptors (Lipinski definition) is 0. The van der Waals surface area contributed by atoms with Gasteiger partial charge in [-0.25, -0.2) is 12.1 Å². The molecule has 0 saturated heterocycles. The number of benzene rings is 4. The van der Waals surface area contributed by atoms with Crippen LogP contribution in [0.15, 0.2) is 97.1 Å². The molecular formula is C82H124HfP2-6. The van der Waals surface area contributed by atoms with Crippen LogP contribution >= 0.6 is 15.8 Å². The molecule has 0 radical (unpaired) electrons. The van der Waals surface area contributed by atoms with Crippen molar-refractivity contribution in [3.8, 4) is 0 Å². The van der Waals surface area contributed by atoms with Crippen LogP contribution in [0.1, 0.15) is 304 Å². The van der Waals surface area contributed by atoms with Crippen LogP contribution in [-0.4, -0.2) is 0 Å². The summed E-state index contributed by atoms with van der Waals surface area (Å²) < 4.78 is 0. The van der Waals surface area contributed by atoms with Gasteiger partial charge >= 0.3 is 0 Å². The zero-order valence-electron chi connectivity index (χ0n) is 57.1. The quantitative estimate of drug-likeness (QED) is 0.0204. The Hall–Kier alpha value is -2.69. The second-order valence-electron chi connectivity index (χ2n) is 25.0. The molecule has 0 spiro atoms. The third kappa shape index (κ3) is 22.0. The molecule has 0 aliphatic heterocycles. The third-order valence-corrected chi connectivity index (χ3v) is 23.7. The summed E-state index contributed by atoms with van der Waals surface area (Å²) >= 11 is 0. The summed E-state index contributed by atoms with van der Waals surface area (Å²) in [6.07, 6.45) is 44.5. The Morgan fingerprint density at radius 1 is 0.271 bits per heavy atom. The van der Waals surface area contributed by atoms with Crippen LogP contribution in [0.2, 0.25) is 0 Å². The maximum Gasteiger partial charge on any atom is 0 e. The first-order chi connectivity index (χ1) is 41.3. The van der Waals surface area contributed by atoms with Gasteiger partial charge in [-0.2, -0.15) is 6.07 Å². The largest absolute Gasteiger partial charge is 0.748 e. The van der Waals surface area contributed by atoms with E-state index in [0.717, 1.165) is 0 Å². The van der Waals surface area contributed by atoms with Crippen LogP contribution in [0.4, 0.5) is 0 Å². The van der Waals surface area contributed by atoms with E-state index in [0.29, 0.717) is 0 Å². The summed E-state index contributed by atoms with van der Waals surface area (Å²) in [5.41, 5.74) is 20.5. The van der Waals surface area contributed by atoms with Gasteiger partial charge < -0.3 is 30.3 Å². The summed E-state index contributed by atoms with van der Waals surface area (Å²) in [6, 6.07) is 39.8. The Morgan fingerprint density at radius 3 is 0.753 bits per heavy atom. The Bertz CT molecular complexity index is 2360. The Kier molecular flexibility index (Phi) is 38.6. The van der Waals surface area contributed by atoms with E-state index >= 15 is 0 Å². The maximum atomic E-state index is 2.76. The van der Waals surface area contributed by atoms with E-state index in [9.17, 15) is 0 Å². The molecule has 85 heavy (non-hydrogen) atoms. The van der Waals surface area contributed by atoms with Crippen molar-refractivity contribution in [2.45, 2.75) is 314 Å². The zero-order valence-corrected chi connectivity index (χ0v) is 62.5. The van der Waals surface area contributed by atoms with Crippen LogP contribution in [-0.2, 0) is 103 Å². The van der Waals surface area contributed by atoms with Crippen LogP contribution < -0.4 is 31.8 Å². The Morgan fingerprint density at radius 2 is 0.494 bits per heavy atom. The van der Waals surface area contributed by atoms with Crippen LogP contribution in [0.25, 0.3) is 0 Å². The van der Waals surface area contributed by atoms with Crippen molar-refractivity contribution in [3.63, 3.8) is 0 Å². The van der Waals surface area contributed by atoms with Gasteiger partial charge in [0.1, 0.15) is 0 Å². The minimum Gasteiger partial charge on any atom is -0.748 e. The first-order valence-electron chi connectivity index (χ1n) is 35.9. The fourth-order valence-corrected chi connectivity index (χ4v) is 19.4. The number of rotatable bonds is 42. The van der Waals surface area contributed by atoms with Gasteiger partial charge in [0.15, 0.2) is 0 Å². The van der Waals surface area contributed by atoms with Gasteiger partial charge in [0.25, 0.3) is 0 Å². The molecule has 0 aliphatic rings. The van der Waals surface area contributed by atoms with E-state index in [1.807, 2.05) is 30.3 Å². The smallest absolute Gasteiger partial charge is 0 e. The summed E-state index contributed by atoms with van der Waals surface area (Å²) in [4.78, 5) is 0. The van der Waals surface area contributed by atoms with Gasteiger partial charge in [0, 0.05) is 25.8 Å². The van der Waals surface area contributed by atoms with Gasteiger partial charge in [0.2, 0.25) is 0 Å². The van der Waals surface area contributed by atoms with E-state index in [4.69, 9.17) is 0 Å². The summed E-state index contributed by atoms with van der Waals surface area (Å²) in [7, 11) is -1.84. The minimum absolute atomic E-state index is 0. The molecule has 0 N–H and O–H groups in total. The van der Waals surface area contributed by atoms with Crippen molar-refractivity contribution in [2.24, 2.45) is 0 Å². The van der Waals surface area contributed by atoms with Crippen molar-refractivity contribution in [3.05, 3.63) is 164 Å². The molecule has 6 rings (SSSR count). The average molecular weight is 1350 g/mol. The second kappa shape index (κ2) is 43.9. The molecule has 0 unspecified atom stereocenters. The Labute approximate surface area is 547 Å². The van der Waals surface area contributed by atoms with Gasteiger partial charge in [-0.1, -0.05) is 217 Å². The topological polar surface area (TPSA) is 0 Å². The van der Waals surface area contributed by atoms with Gasteiger partial charge in [-0.3, -0.25) is 0 Å². The molecule has 0 nitrogen and oxygen atoms in total. The fraction of sp³-hybridized carbons (Fsp3) is 0.585. The SMILES string of the molecule is CCCCc1ccc(P(c2ccc(CCCC)c(CCCC)c2CCCC)c2ccc[c-]2P(c2ccc(CCCC)c(CCCC)c2CCCC)c2ccc(CCCC)c(CCCC)c2CCCC)c(CCCC)c1CCCC.[Hf].[cH-]1[cH-][cH-][cH-][cH-]1. The molecule has 3 heteroatoms. The molecule has 0 bridgehead atoms. The average Bonchev–Trinajstić information content (AvgIpc) is 2.67. The van der Waals surface area contributed by atoms with Gasteiger partial charge in [-0.15, -0.1) is 10.6 Å². The van der Waals surface area contributed by atoms with Crippen LogP contribution in [0, 0.1) is 0 Å². The molecule has 0 amide bonds. The molecule has 6 aromatic rings. The molecule has 0 aromatic heterocycles. The predicted octanol–water partition coefficient (Wildman–Crippen LogP) is 22.4. The van der Waals surface area contributed by atoms with Crippen molar-refractivity contribution >= 4 is 47.7 Å². The molecular weight excluding hydrogens is 1230 g/mol. The summed E-state index contributed by atoms with van der Waals surface area (Å²) in [5, 5.41) is 10.2. The Balaban J connectivity index is 0.00000245. The normalized spacial score (nSPS) is 11.5. The monoisotopic (exact) mass is 1350 g/mol. The van der Waals surface area contributed by atoms with Gasteiger partial charge in [-0.05, 0) is 250 Å². The maximum absolute atomic E-state index is 2.76.